The molecule has 1 amide bonds. The molecule has 0 unspecified atom stereocenters. The molecule has 10 heteroatoms. The van der Waals surface area contributed by atoms with E-state index in [1.807, 2.05) is 0 Å². The number of aromatic nitrogens is 1. The molecule has 1 aromatic carbocycles. The lowest BCUT2D eigenvalue weighted by molar-refractivity contribution is -0.137. The van der Waals surface area contributed by atoms with Gasteiger partial charge in [-0.1, -0.05) is 40.4 Å². The summed E-state index contributed by atoms with van der Waals surface area (Å²) < 4.78 is 15.8. The van der Waals surface area contributed by atoms with E-state index in [9.17, 15) is 9.90 Å². The molecule has 2 atom stereocenters. The van der Waals surface area contributed by atoms with Crippen LogP contribution in [0.25, 0.3) is 10.4 Å². The van der Waals surface area contributed by atoms with E-state index < -0.39 is 17.2 Å². The zero-order valence-corrected chi connectivity index (χ0v) is 16.1. The third-order valence-corrected chi connectivity index (χ3v) is 5.36. The minimum atomic E-state index is -2.38. The molecule has 1 heterocycles. The van der Waals surface area contributed by atoms with Crippen molar-refractivity contribution in [2.45, 2.75) is 30.7 Å². The molecule has 1 aliphatic carbocycles. The van der Waals surface area contributed by atoms with Gasteiger partial charge in [0.05, 0.1) is 12.2 Å². The number of aliphatic hydroxyl groups is 1. The Bertz CT molecular complexity index is 969. The Kier molecular flexibility index (Phi) is 5.76. The van der Waals surface area contributed by atoms with Crippen LogP contribution in [0.1, 0.15) is 29.7 Å². The van der Waals surface area contributed by atoms with Gasteiger partial charge in [-0.3, -0.25) is 9.78 Å². The van der Waals surface area contributed by atoms with Gasteiger partial charge in [0.2, 0.25) is 5.67 Å². The van der Waals surface area contributed by atoms with Crippen LogP contribution in [0.3, 0.4) is 0 Å². The first-order chi connectivity index (χ1) is 13.3. The molecular weight excluding hydrogens is 408 g/mol. The first-order valence-electron chi connectivity index (χ1n) is 8.40. The number of carbonyl (C=O) groups excluding carboxylic acids is 1. The zero-order chi connectivity index (χ0) is 20.4. The van der Waals surface area contributed by atoms with Crippen LogP contribution in [0.15, 0.2) is 41.6 Å². The van der Waals surface area contributed by atoms with Crippen LogP contribution >= 0.6 is 23.2 Å². The van der Waals surface area contributed by atoms with Gasteiger partial charge >= 0.3 is 0 Å². The predicted octanol–water partition coefficient (Wildman–Crippen LogP) is 4.16. The van der Waals surface area contributed by atoms with Crippen LogP contribution in [-0.2, 0) is 22.6 Å². The summed E-state index contributed by atoms with van der Waals surface area (Å²) in [6.07, 6.45) is 0.974. The molecule has 0 spiro atoms. The van der Waals surface area contributed by atoms with Crippen molar-refractivity contribution in [3.63, 3.8) is 0 Å². The smallest absolute Gasteiger partial charge is 0.262 e. The van der Waals surface area contributed by atoms with Gasteiger partial charge in [0.1, 0.15) is 5.60 Å². The number of alkyl halides is 1. The van der Waals surface area contributed by atoms with Gasteiger partial charge in [0.25, 0.3) is 5.91 Å². The first-order valence-corrected chi connectivity index (χ1v) is 9.16. The van der Waals surface area contributed by atoms with Gasteiger partial charge in [-0.15, -0.1) is 0 Å². The Morgan fingerprint density at radius 3 is 2.89 bits per heavy atom. The molecule has 2 N–H and O–H groups in total. The van der Waals surface area contributed by atoms with E-state index in [1.54, 1.807) is 12.1 Å². The van der Waals surface area contributed by atoms with Gasteiger partial charge in [0.15, 0.2) is 0 Å². The Balaban J connectivity index is 1.87. The molecule has 0 aliphatic heterocycles. The minimum Gasteiger partial charge on any atom is -0.383 e. The fourth-order valence-electron chi connectivity index (χ4n) is 3.25. The van der Waals surface area contributed by atoms with E-state index in [2.05, 4.69) is 20.3 Å². The maximum Gasteiger partial charge on any atom is 0.262 e. The normalized spacial score (nSPS) is 23.4. The lowest BCUT2D eigenvalue weighted by Crippen LogP contribution is -2.48. The van der Waals surface area contributed by atoms with Crippen molar-refractivity contribution >= 4 is 29.1 Å². The summed E-state index contributed by atoms with van der Waals surface area (Å²) in [7, 11) is 0. The number of fused-ring (bicyclic) bond motifs is 1. The topological polar surface area (TPSA) is 111 Å². The third-order valence-electron chi connectivity index (χ3n) is 4.77. The maximum absolute atomic E-state index is 15.8. The molecule has 2 aromatic rings. The Morgan fingerprint density at radius 1 is 1.39 bits per heavy atom. The number of halogens is 3. The maximum atomic E-state index is 15.8. The molecule has 146 valence electrons. The van der Waals surface area contributed by atoms with Gasteiger partial charge in [-0.05, 0) is 42.1 Å². The van der Waals surface area contributed by atoms with Crippen LogP contribution in [-0.4, -0.2) is 22.5 Å². The highest BCUT2D eigenvalue weighted by Gasteiger charge is 2.51. The van der Waals surface area contributed by atoms with Crippen LogP contribution in [0.2, 0.25) is 10.0 Å². The number of amides is 1. The fraction of sp³-hybridized carbons (Fsp3) is 0.333. The highest BCUT2D eigenvalue weighted by molar-refractivity contribution is 6.35. The van der Waals surface area contributed by atoms with E-state index in [4.69, 9.17) is 28.7 Å². The number of rotatable bonds is 5. The fourth-order valence-corrected chi connectivity index (χ4v) is 3.72. The van der Waals surface area contributed by atoms with Gasteiger partial charge in [0, 0.05) is 33.3 Å². The summed E-state index contributed by atoms with van der Waals surface area (Å²) in [5.41, 5.74) is 5.07. The summed E-state index contributed by atoms with van der Waals surface area (Å²) in [5.74, 6) is -0.862. The quantitative estimate of drug-likeness (QED) is 0.427. The lowest BCUT2D eigenvalue weighted by atomic mass is 9.74. The van der Waals surface area contributed by atoms with E-state index in [-0.39, 0.29) is 37.2 Å². The Labute approximate surface area is 170 Å². The molecule has 1 aromatic heterocycles. The van der Waals surface area contributed by atoms with E-state index >= 15 is 4.39 Å². The number of hydrogen-bond acceptors (Lipinski definition) is 4. The number of benzene rings is 1. The van der Waals surface area contributed by atoms with Crippen molar-refractivity contribution in [1.82, 2.24) is 10.3 Å². The second kappa shape index (κ2) is 7.93. The third kappa shape index (κ3) is 3.77. The van der Waals surface area contributed by atoms with Crippen molar-refractivity contribution in [2.24, 2.45) is 5.11 Å². The molecule has 7 nitrogen and oxygen atoms in total. The second-order valence-corrected chi connectivity index (χ2v) is 7.38. The molecule has 0 saturated heterocycles. The number of pyridine rings is 1. The highest BCUT2D eigenvalue weighted by Crippen LogP contribution is 2.45. The van der Waals surface area contributed by atoms with E-state index in [1.165, 1.54) is 24.4 Å². The molecule has 0 radical (unpaired) electrons. The molecule has 0 bridgehead atoms. The number of azide groups is 1. The van der Waals surface area contributed by atoms with E-state index in [0.29, 0.717) is 15.6 Å². The number of hydrogen-bond donors (Lipinski definition) is 2. The highest BCUT2D eigenvalue weighted by atomic mass is 35.5. The second-order valence-electron chi connectivity index (χ2n) is 6.54. The molecule has 0 fully saturated rings. The SMILES string of the molecule is [N-]=[N+]=NC[C@]1(O)CC[C@@](F)(C(=O)NCc2ccc(Cl)cc2Cl)c2cccnc21. The first kappa shape index (κ1) is 20.4. The summed E-state index contributed by atoms with van der Waals surface area (Å²) >= 11 is 11.9. The zero-order valence-electron chi connectivity index (χ0n) is 14.6. The predicted molar refractivity (Wildman–Crippen MR) is 102 cm³/mol. The van der Waals surface area contributed by atoms with Crippen LogP contribution in [0.5, 0.6) is 0 Å². The van der Waals surface area contributed by atoms with Crippen LogP contribution < -0.4 is 5.32 Å². The Morgan fingerprint density at radius 2 is 2.18 bits per heavy atom. The molecular formula is C18H16Cl2FN5O2. The summed E-state index contributed by atoms with van der Waals surface area (Å²) in [5, 5.41) is 17.5. The average Bonchev–Trinajstić information content (AvgIpc) is 2.69. The summed E-state index contributed by atoms with van der Waals surface area (Å²) in [4.78, 5) is 19.4. The van der Waals surface area contributed by atoms with Crippen molar-refractivity contribution in [3.8, 4) is 0 Å². The minimum absolute atomic E-state index is 0.00387. The standard InChI is InChI=1S/C18H16Cl2FN5O2/c19-12-4-3-11(14(20)8-12)9-24-16(27)18(21)6-5-17(28,10-25-26-22)15-13(18)2-1-7-23-15/h1-4,7-8,28H,5-6,9-10H2,(H,24,27)/t17-,18+/m1/s1. The summed E-state index contributed by atoms with van der Waals surface area (Å²) in [6, 6.07) is 7.68. The Hall–Kier alpha value is -2.38. The summed E-state index contributed by atoms with van der Waals surface area (Å²) in [6.45, 7) is -0.287. The van der Waals surface area contributed by atoms with Crippen molar-refractivity contribution in [1.29, 1.82) is 0 Å². The lowest BCUT2D eigenvalue weighted by Gasteiger charge is -2.38. The van der Waals surface area contributed by atoms with Gasteiger partial charge < -0.3 is 10.4 Å². The monoisotopic (exact) mass is 423 g/mol. The average molecular weight is 424 g/mol. The van der Waals surface area contributed by atoms with Crippen LogP contribution in [0, 0.1) is 0 Å². The molecule has 28 heavy (non-hydrogen) atoms. The number of nitrogens with zero attached hydrogens (tertiary/aromatic N) is 4. The van der Waals surface area contributed by atoms with E-state index in [0.717, 1.165) is 0 Å². The molecule has 1 aliphatic rings. The van der Waals surface area contributed by atoms with Gasteiger partial charge in [-0.25, -0.2) is 4.39 Å². The van der Waals surface area contributed by atoms with Crippen LogP contribution in [0.4, 0.5) is 4.39 Å². The van der Waals surface area contributed by atoms with Crippen molar-refractivity contribution < 1.29 is 14.3 Å². The van der Waals surface area contributed by atoms with Gasteiger partial charge in [-0.2, -0.15) is 0 Å². The molecule has 3 rings (SSSR count). The largest absolute Gasteiger partial charge is 0.383 e. The number of nitrogens with one attached hydrogen (secondary N) is 1. The molecule has 0 saturated carbocycles. The van der Waals surface area contributed by atoms with Crippen molar-refractivity contribution in [3.05, 3.63) is 73.8 Å². The van der Waals surface area contributed by atoms with Crippen molar-refractivity contribution in [2.75, 3.05) is 6.54 Å². The number of carbonyl (C=O) groups is 1.